The van der Waals surface area contributed by atoms with E-state index in [1.807, 2.05) is 13.8 Å². The maximum absolute atomic E-state index is 9.67. The summed E-state index contributed by atoms with van der Waals surface area (Å²) in [7, 11) is 0. The van der Waals surface area contributed by atoms with Crippen LogP contribution in [0.25, 0.3) is 0 Å². The third-order valence-corrected chi connectivity index (χ3v) is 2.06. The Morgan fingerprint density at radius 2 is 2.42 bits per heavy atom. The van der Waals surface area contributed by atoms with Crippen molar-refractivity contribution in [2.75, 3.05) is 0 Å². The van der Waals surface area contributed by atoms with E-state index in [1.54, 1.807) is 6.20 Å². The van der Waals surface area contributed by atoms with Crippen molar-refractivity contribution in [2.24, 2.45) is 5.73 Å². The van der Waals surface area contributed by atoms with Crippen LogP contribution in [-0.2, 0) is 0 Å². The highest BCUT2D eigenvalue weighted by molar-refractivity contribution is 5.18. The molecular weight excluding hydrogens is 154 g/mol. The van der Waals surface area contributed by atoms with Gasteiger partial charge in [0, 0.05) is 17.3 Å². The van der Waals surface area contributed by atoms with Crippen LogP contribution in [0.4, 0.5) is 0 Å². The lowest BCUT2D eigenvalue weighted by Crippen LogP contribution is -2.27. The minimum Gasteiger partial charge on any atom is -0.387 e. The predicted octanol–water partition coefficient (Wildman–Crippen LogP) is 0.489. The highest BCUT2D eigenvalue weighted by Gasteiger charge is 2.17. The molecule has 1 rings (SSSR count). The van der Waals surface area contributed by atoms with E-state index in [1.165, 1.54) is 0 Å². The third-order valence-electron chi connectivity index (χ3n) is 2.06. The Hall–Kier alpha value is -0.870. The minimum absolute atomic E-state index is 0.207. The predicted molar refractivity (Wildman–Crippen MR) is 46.6 cm³/mol. The van der Waals surface area contributed by atoms with E-state index in [0.717, 1.165) is 17.7 Å². The quantitative estimate of drug-likeness (QED) is 0.616. The van der Waals surface area contributed by atoms with E-state index >= 15 is 0 Å². The van der Waals surface area contributed by atoms with Gasteiger partial charge < -0.3 is 10.8 Å². The molecule has 0 saturated heterocycles. The van der Waals surface area contributed by atoms with E-state index in [-0.39, 0.29) is 6.04 Å². The molecule has 2 atom stereocenters. The van der Waals surface area contributed by atoms with Crippen LogP contribution in [-0.4, -0.2) is 21.3 Å². The normalized spacial score (nSPS) is 16.0. The van der Waals surface area contributed by atoms with Crippen LogP contribution < -0.4 is 5.73 Å². The summed E-state index contributed by atoms with van der Waals surface area (Å²) in [6, 6.07) is -0.207. The first kappa shape index (κ1) is 9.22. The number of hydrogen-bond donors (Lipinski definition) is 3. The molecule has 0 aliphatic carbocycles. The second-order valence-electron chi connectivity index (χ2n) is 2.97. The van der Waals surface area contributed by atoms with Crippen molar-refractivity contribution in [3.63, 3.8) is 0 Å². The number of aliphatic hydroxyl groups excluding tert-OH is 1. The SMILES string of the molecule is CCC(N)C(O)c1cn[nH]c1C. The second kappa shape index (κ2) is 3.69. The van der Waals surface area contributed by atoms with Crippen LogP contribution in [0.3, 0.4) is 0 Å². The molecule has 0 aliphatic heterocycles. The zero-order valence-electron chi connectivity index (χ0n) is 7.41. The van der Waals surface area contributed by atoms with Gasteiger partial charge in [0.15, 0.2) is 0 Å². The van der Waals surface area contributed by atoms with E-state index in [2.05, 4.69) is 10.2 Å². The minimum atomic E-state index is -0.603. The number of aromatic amines is 1. The zero-order valence-corrected chi connectivity index (χ0v) is 7.41. The molecule has 4 nitrogen and oxygen atoms in total. The van der Waals surface area contributed by atoms with Crippen LogP contribution >= 0.6 is 0 Å². The van der Waals surface area contributed by atoms with Crippen LogP contribution in [0.15, 0.2) is 6.20 Å². The molecule has 0 fully saturated rings. The number of aromatic nitrogens is 2. The average molecular weight is 169 g/mol. The van der Waals surface area contributed by atoms with Crippen molar-refractivity contribution in [1.82, 2.24) is 10.2 Å². The molecule has 0 spiro atoms. The fraction of sp³-hybridized carbons (Fsp3) is 0.625. The molecule has 1 aromatic rings. The Kier molecular flexibility index (Phi) is 2.83. The van der Waals surface area contributed by atoms with E-state index in [4.69, 9.17) is 5.73 Å². The molecule has 68 valence electrons. The van der Waals surface area contributed by atoms with Gasteiger partial charge >= 0.3 is 0 Å². The van der Waals surface area contributed by atoms with Gasteiger partial charge in [0.25, 0.3) is 0 Å². The van der Waals surface area contributed by atoms with Crippen molar-refractivity contribution in [3.8, 4) is 0 Å². The molecule has 0 aromatic carbocycles. The standard InChI is InChI=1S/C8H15N3O/c1-3-7(9)8(12)6-4-10-11-5(6)2/h4,7-8,12H,3,9H2,1-2H3,(H,10,11). The lowest BCUT2D eigenvalue weighted by atomic mass is 10.0. The summed E-state index contributed by atoms with van der Waals surface area (Å²) in [5, 5.41) is 16.3. The maximum atomic E-state index is 9.67. The molecule has 4 heteroatoms. The Bertz CT molecular complexity index is 246. The number of nitrogens with two attached hydrogens (primary N) is 1. The number of rotatable bonds is 3. The Balaban J connectivity index is 2.77. The van der Waals surface area contributed by atoms with Crippen molar-refractivity contribution < 1.29 is 5.11 Å². The average Bonchev–Trinajstić information content (AvgIpc) is 2.48. The summed E-state index contributed by atoms with van der Waals surface area (Å²) in [4.78, 5) is 0. The molecule has 0 bridgehead atoms. The van der Waals surface area contributed by atoms with Crippen LogP contribution in [0.1, 0.15) is 30.7 Å². The smallest absolute Gasteiger partial charge is 0.0973 e. The molecule has 1 heterocycles. The summed E-state index contributed by atoms with van der Waals surface area (Å²) in [6.45, 7) is 3.82. The Morgan fingerprint density at radius 3 is 2.83 bits per heavy atom. The van der Waals surface area contributed by atoms with Crippen LogP contribution in [0.5, 0.6) is 0 Å². The number of aliphatic hydroxyl groups is 1. The third kappa shape index (κ3) is 1.65. The first-order valence-corrected chi connectivity index (χ1v) is 4.10. The largest absolute Gasteiger partial charge is 0.387 e. The van der Waals surface area contributed by atoms with Crippen molar-refractivity contribution in [2.45, 2.75) is 32.4 Å². The maximum Gasteiger partial charge on any atom is 0.0973 e. The van der Waals surface area contributed by atoms with E-state index in [9.17, 15) is 5.11 Å². The number of hydrogen-bond acceptors (Lipinski definition) is 3. The summed E-state index contributed by atoms with van der Waals surface area (Å²) in [5.74, 6) is 0. The fourth-order valence-corrected chi connectivity index (χ4v) is 1.11. The fourth-order valence-electron chi connectivity index (χ4n) is 1.11. The second-order valence-corrected chi connectivity index (χ2v) is 2.97. The highest BCUT2D eigenvalue weighted by Crippen LogP contribution is 2.18. The number of aryl methyl sites for hydroxylation is 1. The van der Waals surface area contributed by atoms with E-state index < -0.39 is 6.10 Å². The molecule has 2 unspecified atom stereocenters. The number of nitrogens with one attached hydrogen (secondary N) is 1. The van der Waals surface area contributed by atoms with Crippen molar-refractivity contribution in [3.05, 3.63) is 17.5 Å². The molecule has 0 radical (unpaired) electrons. The van der Waals surface area contributed by atoms with Crippen molar-refractivity contribution >= 4 is 0 Å². The molecule has 12 heavy (non-hydrogen) atoms. The van der Waals surface area contributed by atoms with Gasteiger partial charge in [0.2, 0.25) is 0 Å². The van der Waals surface area contributed by atoms with E-state index in [0.29, 0.717) is 0 Å². The van der Waals surface area contributed by atoms with Gasteiger partial charge in [-0.05, 0) is 13.3 Å². The Labute approximate surface area is 71.8 Å². The summed E-state index contributed by atoms with van der Waals surface area (Å²) in [5.41, 5.74) is 7.36. The van der Waals surface area contributed by atoms with Gasteiger partial charge in [-0.1, -0.05) is 6.92 Å². The lowest BCUT2D eigenvalue weighted by molar-refractivity contribution is 0.144. The molecule has 0 amide bonds. The lowest BCUT2D eigenvalue weighted by Gasteiger charge is -2.16. The Morgan fingerprint density at radius 1 is 1.75 bits per heavy atom. The van der Waals surface area contributed by atoms with Gasteiger partial charge in [0.05, 0.1) is 12.3 Å². The topological polar surface area (TPSA) is 74.9 Å². The van der Waals surface area contributed by atoms with Gasteiger partial charge in [-0.2, -0.15) is 5.10 Å². The molecule has 1 aromatic heterocycles. The summed E-state index contributed by atoms with van der Waals surface area (Å²) < 4.78 is 0. The molecule has 0 saturated carbocycles. The zero-order chi connectivity index (χ0) is 9.14. The van der Waals surface area contributed by atoms with Gasteiger partial charge in [-0.3, -0.25) is 5.10 Å². The first-order chi connectivity index (χ1) is 5.66. The van der Waals surface area contributed by atoms with Gasteiger partial charge in [0.1, 0.15) is 0 Å². The summed E-state index contributed by atoms with van der Waals surface area (Å²) in [6.07, 6.45) is 1.77. The van der Waals surface area contributed by atoms with Gasteiger partial charge in [-0.15, -0.1) is 0 Å². The molecular formula is C8H15N3O. The molecule has 0 aliphatic rings. The van der Waals surface area contributed by atoms with Crippen LogP contribution in [0.2, 0.25) is 0 Å². The number of nitrogens with zero attached hydrogens (tertiary/aromatic N) is 1. The first-order valence-electron chi connectivity index (χ1n) is 4.10. The highest BCUT2D eigenvalue weighted by atomic mass is 16.3. The van der Waals surface area contributed by atoms with Crippen molar-refractivity contribution in [1.29, 1.82) is 0 Å². The molecule has 4 N–H and O–H groups in total. The van der Waals surface area contributed by atoms with Crippen LogP contribution in [0, 0.1) is 6.92 Å². The monoisotopic (exact) mass is 169 g/mol. The number of H-pyrrole nitrogens is 1. The summed E-state index contributed by atoms with van der Waals surface area (Å²) >= 11 is 0. The van der Waals surface area contributed by atoms with Gasteiger partial charge in [-0.25, -0.2) is 0 Å².